The van der Waals surface area contributed by atoms with Crippen molar-refractivity contribution in [2.24, 2.45) is 5.73 Å². The first-order valence-electron chi connectivity index (χ1n) is 4.88. The van der Waals surface area contributed by atoms with Crippen molar-refractivity contribution >= 4 is 11.6 Å². The van der Waals surface area contributed by atoms with Gasteiger partial charge < -0.3 is 15.2 Å². The Labute approximate surface area is 95.1 Å². The van der Waals surface area contributed by atoms with Crippen LogP contribution in [-0.2, 0) is 11.3 Å². The molecule has 1 aromatic rings. The van der Waals surface area contributed by atoms with E-state index in [0.717, 1.165) is 12.0 Å². The van der Waals surface area contributed by atoms with E-state index < -0.39 is 0 Å². The predicted octanol–water partition coefficient (Wildman–Crippen LogP) is 2.21. The van der Waals surface area contributed by atoms with Gasteiger partial charge in [0.25, 0.3) is 0 Å². The Hall–Kier alpha value is -0.770. The third-order valence-corrected chi connectivity index (χ3v) is 2.28. The molecule has 1 aromatic carbocycles. The van der Waals surface area contributed by atoms with Gasteiger partial charge in [0.2, 0.25) is 0 Å². The maximum atomic E-state index is 6.01. The first kappa shape index (κ1) is 12.3. The van der Waals surface area contributed by atoms with Gasteiger partial charge in [-0.3, -0.25) is 0 Å². The second-order valence-electron chi connectivity index (χ2n) is 3.16. The zero-order valence-electron chi connectivity index (χ0n) is 8.83. The minimum atomic E-state index is 0.490. The van der Waals surface area contributed by atoms with Crippen molar-refractivity contribution in [1.82, 2.24) is 0 Å². The van der Waals surface area contributed by atoms with Gasteiger partial charge >= 0.3 is 0 Å². The topological polar surface area (TPSA) is 44.5 Å². The summed E-state index contributed by atoms with van der Waals surface area (Å²) < 4.78 is 10.4. The van der Waals surface area contributed by atoms with Crippen molar-refractivity contribution in [1.29, 1.82) is 0 Å². The van der Waals surface area contributed by atoms with Crippen molar-refractivity contribution in [2.75, 3.05) is 20.3 Å². The van der Waals surface area contributed by atoms with E-state index in [1.54, 1.807) is 7.11 Å². The molecule has 2 N–H and O–H groups in total. The number of benzene rings is 1. The second-order valence-corrected chi connectivity index (χ2v) is 3.57. The SMILES string of the molecule is COCCCOc1ccc(CN)cc1Cl. The molecule has 0 amide bonds. The van der Waals surface area contributed by atoms with Crippen LogP contribution in [0.3, 0.4) is 0 Å². The molecular formula is C11H16ClNO2. The van der Waals surface area contributed by atoms with Gasteiger partial charge in [-0.05, 0) is 17.7 Å². The van der Waals surface area contributed by atoms with E-state index in [9.17, 15) is 0 Å². The van der Waals surface area contributed by atoms with E-state index in [1.807, 2.05) is 18.2 Å². The largest absolute Gasteiger partial charge is 0.492 e. The zero-order valence-corrected chi connectivity index (χ0v) is 9.59. The number of methoxy groups -OCH3 is 1. The molecule has 4 heteroatoms. The van der Waals surface area contributed by atoms with Crippen molar-refractivity contribution in [3.63, 3.8) is 0 Å². The molecule has 0 radical (unpaired) electrons. The lowest BCUT2D eigenvalue weighted by molar-refractivity contribution is 0.172. The van der Waals surface area contributed by atoms with Gasteiger partial charge in [0.15, 0.2) is 0 Å². The van der Waals surface area contributed by atoms with E-state index in [0.29, 0.717) is 30.5 Å². The molecule has 0 heterocycles. The molecule has 15 heavy (non-hydrogen) atoms. The van der Waals surface area contributed by atoms with Gasteiger partial charge in [-0.25, -0.2) is 0 Å². The Morgan fingerprint density at radius 1 is 1.33 bits per heavy atom. The first-order chi connectivity index (χ1) is 7.27. The summed E-state index contributed by atoms with van der Waals surface area (Å²) in [6, 6.07) is 5.59. The third kappa shape index (κ3) is 4.08. The van der Waals surface area contributed by atoms with Gasteiger partial charge in [-0.2, -0.15) is 0 Å². The quantitative estimate of drug-likeness (QED) is 0.761. The molecule has 0 bridgehead atoms. The molecule has 3 nitrogen and oxygen atoms in total. The van der Waals surface area contributed by atoms with E-state index in [-0.39, 0.29) is 0 Å². The van der Waals surface area contributed by atoms with Gasteiger partial charge in [0, 0.05) is 26.7 Å². The van der Waals surface area contributed by atoms with Crippen LogP contribution in [0, 0.1) is 0 Å². The Balaban J connectivity index is 2.47. The highest BCUT2D eigenvalue weighted by molar-refractivity contribution is 6.32. The minimum absolute atomic E-state index is 0.490. The average Bonchev–Trinajstić information content (AvgIpc) is 2.26. The summed E-state index contributed by atoms with van der Waals surface area (Å²) in [5, 5.41) is 0.607. The first-order valence-corrected chi connectivity index (χ1v) is 5.26. The summed E-state index contributed by atoms with van der Waals surface area (Å²) in [6.45, 7) is 1.79. The average molecular weight is 230 g/mol. The molecule has 0 aliphatic heterocycles. The Morgan fingerprint density at radius 2 is 2.13 bits per heavy atom. The van der Waals surface area contributed by atoms with E-state index >= 15 is 0 Å². The number of halogens is 1. The van der Waals surface area contributed by atoms with Crippen LogP contribution in [-0.4, -0.2) is 20.3 Å². The van der Waals surface area contributed by atoms with Gasteiger partial charge in [0.05, 0.1) is 11.6 Å². The monoisotopic (exact) mass is 229 g/mol. The van der Waals surface area contributed by atoms with Crippen LogP contribution in [0.1, 0.15) is 12.0 Å². The lowest BCUT2D eigenvalue weighted by Crippen LogP contribution is -2.02. The van der Waals surface area contributed by atoms with Gasteiger partial charge in [0.1, 0.15) is 5.75 Å². The van der Waals surface area contributed by atoms with Crippen LogP contribution in [0.5, 0.6) is 5.75 Å². The number of nitrogens with two attached hydrogens (primary N) is 1. The third-order valence-electron chi connectivity index (χ3n) is 1.98. The van der Waals surface area contributed by atoms with Crippen molar-refractivity contribution in [2.45, 2.75) is 13.0 Å². The Bertz CT molecular complexity index is 305. The van der Waals surface area contributed by atoms with E-state index in [1.165, 1.54) is 0 Å². The highest BCUT2D eigenvalue weighted by Gasteiger charge is 2.01. The molecule has 1 rings (SSSR count). The lowest BCUT2D eigenvalue weighted by Gasteiger charge is -2.08. The summed E-state index contributed by atoms with van der Waals surface area (Å²) >= 11 is 6.01. The zero-order chi connectivity index (χ0) is 11.1. The maximum Gasteiger partial charge on any atom is 0.137 e. The maximum absolute atomic E-state index is 6.01. The summed E-state index contributed by atoms with van der Waals surface area (Å²) in [5.74, 6) is 0.699. The second kappa shape index (κ2) is 6.67. The molecule has 0 saturated carbocycles. The van der Waals surface area contributed by atoms with Gasteiger partial charge in [-0.15, -0.1) is 0 Å². The molecule has 0 atom stereocenters. The van der Waals surface area contributed by atoms with Crippen LogP contribution in [0.25, 0.3) is 0 Å². The highest BCUT2D eigenvalue weighted by Crippen LogP contribution is 2.25. The Kier molecular flexibility index (Phi) is 5.47. The highest BCUT2D eigenvalue weighted by atomic mass is 35.5. The van der Waals surface area contributed by atoms with E-state index in [2.05, 4.69) is 0 Å². The fourth-order valence-corrected chi connectivity index (χ4v) is 1.43. The summed E-state index contributed by atoms with van der Waals surface area (Å²) in [7, 11) is 1.67. The molecule has 0 saturated heterocycles. The summed E-state index contributed by atoms with van der Waals surface area (Å²) in [6.07, 6.45) is 0.853. The fraction of sp³-hybridized carbons (Fsp3) is 0.455. The van der Waals surface area contributed by atoms with Gasteiger partial charge in [-0.1, -0.05) is 17.7 Å². The number of ether oxygens (including phenoxy) is 2. The predicted molar refractivity (Wildman–Crippen MR) is 61.3 cm³/mol. The van der Waals surface area contributed by atoms with Crippen LogP contribution >= 0.6 is 11.6 Å². The standard InChI is InChI=1S/C11H16ClNO2/c1-14-5-2-6-15-11-4-3-9(8-13)7-10(11)12/h3-4,7H,2,5-6,8,13H2,1H3. The Morgan fingerprint density at radius 3 is 2.73 bits per heavy atom. The van der Waals surface area contributed by atoms with Crippen LogP contribution < -0.4 is 10.5 Å². The molecule has 0 aliphatic carbocycles. The fourth-order valence-electron chi connectivity index (χ4n) is 1.17. The minimum Gasteiger partial charge on any atom is -0.492 e. The summed E-state index contributed by atoms with van der Waals surface area (Å²) in [4.78, 5) is 0. The van der Waals surface area contributed by atoms with Crippen molar-refractivity contribution < 1.29 is 9.47 Å². The number of hydrogen-bond acceptors (Lipinski definition) is 3. The molecular weight excluding hydrogens is 214 g/mol. The number of hydrogen-bond donors (Lipinski definition) is 1. The molecule has 0 aromatic heterocycles. The molecule has 0 aliphatic rings. The van der Waals surface area contributed by atoms with Crippen molar-refractivity contribution in [3.05, 3.63) is 28.8 Å². The van der Waals surface area contributed by atoms with Crippen LogP contribution in [0.2, 0.25) is 5.02 Å². The smallest absolute Gasteiger partial charge is 0.137 e. The molecule has 84 valence electrons. The van der Waals surface area contributed by atoms with E-state index in [4.69, 9.17) is 26.8 Å². The summed E-state index contributed by atoms with van der Waals surface area (Å²) in [5.41, 5.74) is 6.50. The van der Waals surface area contributed by atoms with Crippen LogP contribution in [0.15, 0.2) is 18.2 Å². The molecule has 0 spiro atoms. The number of rotatable bonds is 6. The lowest BCUT2D eigenvalue weighted by atomic mass is 10.2. The normalized spacial score (nSPS) is 10.3. The van der Waals surface area contributed by atoms with Crippen LogP contribution in [0.4, 0.5) is 0 Å². The van der Waals surface area contributed by atoms with Crippen molar-refractivity contribution in [3.8, 4) is 5.75 Å². The molecule has 0 fully saturated rings. The molecule has 0 unspecified atom stereocenters.